The van der Waals surface area contributed by atoms with Crippen LogP contribution in [0.1, 0.15) is 17.0 Å². The molecule has 3 nitrogen and oxygen atoms in total. The molecule has 3 rings (SSSR count). The minimum absolute atomic E-state index is 0.754. The molecule has 2 aromatic carbocycles. The van der Waals surface area contributed by atoms with Crippen molar-refractivity contribution in [2.24, 2.45) is 0 Å². The van der Waals surface area contributed by atoms with E-state index < -0.39 is 0 Å². The molecule has 3 aromatic rings. The summed E-state index contributed by atoms with van der Waals surface area (Å²) in [6.45, 7) is 0.788. The van der Waals surface area contributed by atoms with Crippen LogP contribution in [0.2, 0.25) is 5.02 Å². The molecule has 0 fully saturated rings. The third-order valence-electron chi connectivity index (χ3n) is 3.39. The largest absolute Gasteiger partial charge is 0.399 e. The van der Waals surface area contributed by atoms with Gasteiger partial charge in [-0.2, -0.15) is 0 Å². The van der Waals surface area contributed by atoms with E-state index in [1.807, 2.05) is 54.9 Å². The topological polar surface area (TPSA) is 43.8 Å². The van der Waals surface area contributed by atoms with Crippen LogP contribution in [0.3, 0.4) is 0 Å². The fraction of sp³-hybridized carbons (Fsp3) is 0.118. The van der Waals surface area contributed by atoms with E-state index in [9.17, 15) is 0 Å². The van der Waals surface area contributed by atoms with E-state index >= 15 is 0 Å². The SMILES string of the molecule is Nc1ccc(Cn2ccnc2Cc2cccc(Cl)c2)cc1. The summed E-state index contributed by atoms with van der Waals surface area (Å²) in [5.74, 6) is 1.02. The lowest BCUT2D eigenvalue weighted by molar-refractivity contribution is 0.740. The van der Waals surface area contributed by atoms with Crippen molar-refractivity contribution in [1.82, 2.24) is 9.55 Å². The number of anilines is 1. The number of hydrogen-bond acceptors (Lipinski definition) is 2. The van der Waals surface area contributed by atoms with Crippen molar-refractivity contribution in [2.75, 3.05) is 5.73 Å². The second-order valence-corrected chi connectivity index (χ2v) is 5.46. The summed E-state index contributed by atoms with van der Waals surface area (Å²) in [7, 11) is 0. The minimum Gasteiger partial charge on any atom is -0.399 e. The Bertz CT molecular complexity index is 732. The van der Waals surface area contributed by atoms with E-state index in [-0.39, 0.29) is 0 Å². The Kier molecular flexibility index (Phi) is 3.93. The van der Waals surface area contributed by atoms with Crippen LogP contribution in [0, 0.1) is 0 Å². The highest BCUT2D eigenvalue weighted by Gasteiger charge is 2.05. The predicted octanol–water partition coefficient (Wildman–Crippen LogP) is 3.76. The number of nitrogens with two attached hydrogens (primary N) is 1. The molecule has 0 spiro atoms. The number of imidazole rings is 1. The summed E-state index contributed by atoms with van der Waals surface area (Å²) in [5, 5.41) is 0.754. The van der Waals surface area contributed by atoms with Gasteiger partial charge in [0.25, 0.3) is 0 Å². The lowest BCUT2D eigenvalue weighted by atomic mass is 10.1. The Morgan fingerprint density at radius 1 is 1.05 bits per heavy atom. The molecule has 21 heavy (non-hydrogen) atoms. The van der Waals surface area contributed by atoms with Crippen molar-refractivity contribution in [2.45, 2.75) is 13.0 Å². The smallest absolute Gasteiger partial charge is 0.113 e. The van der Waals surface area contributed by atoms with Gasteiger partial charge in [0.05, 0.1) is 0 Å². The van der Waals surface area contributed by atoms with E-state index in [2.05, 4.69) is 15.6 Å². The number of halogens is 1. The van der Waals surface area contributed by atoms with Gasteiger partial charge in [0.15, 0.2) is 0 Å². The van der Waals surface area contributed by atoms with Crippen LogP contribution >= 0.6 is 11.6 Å². The zero-order chi connectivity index (χ0) is 14.7. The third kappa shape index (κ3) is 3.44. The third-order valence-corrected chi connectivity index (χ3v) is 3.62. The van der Waals surface area contributed by atoms with Gasteiger partial charge in [-0.1, -0.05) is 35.9 Å². The lowest BCUT2D eigenvalue weighted by Crippen LogP contribution is -2.05. The summed E-state index contributed by atoms with van der Waals surface area (Å²) in [4.78, 5) is 4.45. The normalized spacial score (nSPS) is 10.7. The highest BCUT2D eigenvalue weighted by molar-refractivity contribution is 6.30. The first kappa shape index (κ1) is 13.7. The summed E-state index contributed by atoms with van der Waals surface area (Å²) in [5.41, 5.74) is 8.86. The molecule has 1 heterocycles. The molecule has 0 aliphatic heterocycles. The van der Waals surface area contributed by atoms with Gasteiger partial charge in [0.2, 0.25) is 0 Å². The number of hydrogen-bond donors (Lipinski definition) is 1. The van der Waals surface area contributed by atoms with Crippen LogP contribution in [0.25, 0.3) is 0 Å². The van der Waals surface area contributed by atoms with Crippen LogP contribution in [-0.4, -0.2) is 9.55 Å². The van der Waals surface area contributed by atoms with Crippen molar-refractivity contribution < 1.29 is 0 Å². The van der Waals surface area contributed by atoms with Gasteiger partial charge in [0, 0.05) is 36.1 Å². The molecule has 2 N–H and O–H groups in total. The van der Waals surface area contributed by atoms with Crippen molar-refractivity contribution in [3.8, 4) is 0 Å². The molecule has 0 aliphatic carbocycles. The van der Waals surface area contributed by atoms with Crippen LogP contribution in [0.5, 0.6) is 0 Å². The molecular weight excluding hydrogens is 282 g/mol. The van der Waals surface area contributed by atoms with Gasteiger partial charge in [-0.15, -0.1) is 0 Å². The molecule has 0 atom stereocenters. The van der Waals surface area contributed by atoms with Crippen LogP contribution in [0.4, 0.5) is 5.69 Å². The van der Waals surface area contributed by atoms with E-state index in [1.165, 1.54) is 5.56 Å². The van der Waals surface area contributed by atoms with Crippen molar-refractivity contribution >= 4 is 17.3 Å². The molecular formula is C17H16ClN3. The van der Waals surface area contributed by atoms with E-state index in [1.54, 1.807) is 0 Å². The van der Waals surface area contributed by atoms with Gasteiger partial charge < -0.3 is 10.3 Å². The maximum atomic E-state index is 6.03. The first-order valence-electron chi connectivity index (χ1n) is 6.79. The number of rotatable bonds is 4. The molecule has 0 aliphatic rings. The fourth-order valence-corrected chi connectivity index (χ4v) is 2.51. The number of nitrogens with zero attached hydrogens (tertiary/aromatic N) is 2. The Labute approximate surface area is 129 Å². The zero-order valence-electron chi connectivity index (χ0n) is 11.5. The predicted molar refractivity (Wildman–Crippen MR) is 86.4 cm³/mol. The Morgan fingerprint density at radius 2 is 1.86 bits per heavy atom. The van der Waals surface area contributed by atoms with Crippen LogP contribution < -0.4 is 5.73 Å². The van der Waals surface area contributed by atoms with Gasteiger partial charge in [-0.05, 0) is 35.4 Å². The Morgan fingerprint density at radius 3 is 2.62 bits per heavy atom. The van der Waals surface area contributed by atoms with Crippen molar-refractivity contribution in [3.63, 3.8) is 0 Å². The van der Waals surface area contributed by atoms with Crippen LogP contribution in [-0.2, 0) is 13.0 Å². The second kappa shape index (κ2) is 6.02. The summed E-state index contributed by atoms with van der Waals surface area (Å²) in [6, 6.07) is 15.8. The van der Waals surface area contributed by atoms with Gasteiger partial charge in [-0.3, -0.25) is 0 Å². The van der Waals surface area contributed by atoms with Crippen molar-refractivity contribution in [1.29, 1.82) is 0 Å². The standard InChI is InChI=1S/C17H16ClN3/c18-15-3-1-2-14(10-15)11-17-20-8-9-21(17)12-13-4-6-16(19)7-5-13/h1-10H,11-12,19H2. The number of nitrogen functional groups attached to an aromatic ring is 1. The molecule has 0 amide bonds. The average molecular weight is 298 g/mol. The highest BCUT2D eigenvalue weighted by Crippen LogP contribution is 2.15. The molecule has 0 saturated heterocycles. The minimum atomic E-state index is 0.754. The quantitative estimate of drug-likeness (QED) is 0.745. The Hall–Kier alpha value is -2.26. The summed E-state index contributed by atoms with van der Waals surface area (Å²) < 4.78 is 2.15. The summed E-state index contributed by atoms with van der Waals surface area (Å²) >= 11 is 6.03. The second-order valence-electron chi connectivity index (χ2n) is 5.02. The Balaban J connectivity index is 1.79. The molecule has 4 heteroatoms. The number of benzene rings is 2. The zero-order valence-corrected chi connectivity index (χ0v) is 12.3. The van der Waals surface area contributed by atoms with Crippen molar-refractivity contribution in [3.05, 3.63) is 82.9 Å². The van der Waals surface area contributed by atoms with E-state index in [0.29, 0.717) is 0 Å². The molecule has 0 saturated carbocycles. The fourth-order valence-electron chi connectivity index (χ4n) is 2.30. The maximum Gasteiger partial charge on any atom is 0.113 e. The molecule has 106 valence electrons. The highest BCUT2D eigenvalue weighted by atomic mass is 35.5. The molecule has 0 radical (unpaired) electrons. The molecule has 0 bridgehead atoms. The molecule has 1 aromatic heterocycles. The lowest BCUT2D eigenvalue weighted by Gasteiger charge is -2.09. The first-order chi connectivity index (χ1) is 10.2. The summed E-state index contributed by atoms with van der Waals surface area (Å²) in [6.07, 6.45) is 4.59. The number of aromatic nitrogens is 2. The maximum absolute atomic E-state index is 6.03. The van der Waals surface area contributed by atoms with Crippen LogP contribution in [0.15, 0.2) is 60.9 Å². The monoisotopic (exact) mass is 297 g/mol. The van der Waals surface area contributed by atoms with E-state index in [0.717, 1.165) is 35.1 Å². The van der Waals surface area contributed by atoms with E-state index in [4.69, 9.17) is 17.3 Å². The molecule has 0 unspecified atom stereocenters. The average Bonchev–Trinajstić information content (AvgIpc) is 2.89. The first-order valence-corrected chi connectivity index (χ1v) is 7.17. The van der Waals surface area contributed by atoms with Gasteiger partial charge in [-0.25, -0.2) is 4.98 Å². The van der Waals surface area contributed by atoms with Gasteiger partial charge in [0.1, 0.15) is 5.82 Å². The van der Waals surface area contributed by atoms with Gasteiger partial charge >= 0.3 is 0 Å².